The van der Waals surface area contributed by atoms with E-state index >= 15 is 0 Å². The Morgan fingerprint density at radius 2 is 2.00 bits per heavy atom. The van der Waals surface area contributed by atoms with Gasteiger partial charge < -0.3 is 19.5 Å². The van der Waals surface area contributed by atoms with E-state index in [4.69, 9.17) is 14.2 Å². The van der Waals surface area contributed by atoms with Gasteiger partial charge in [0.2, 0.25) is 0 Å². The maximum Gasteiger partial charge on any atom is 0.253 e. The molecule has 1 amide bonds. The molecule has 172 valence electrons. The number of fused-ring (bicyclic) bond motifs is 1. The maximum absolute atomic E-state index is 12.6. The zero-order chi connectivity index (χ0) is 23.2. The summed E-state index contributed by atoms with van der Waals surface area (Å²) in [5.74, 6) is 1.98. The predicted octanol–water partition coefficient (Wildman–Crippen LogP) is 3.38. The average molecular weight is 449 g/mol. The van der Waals surface area contributed by atoms with Crippen molar-refractivity contribution < 1.29 is 19.0 Å². The normalized spacial score (nSPS) is 15.0. The number of pyridine rings is 1. The molecule has 0 aliphatic carbocycles. The first kappa shape index (κ1) is 22.7. The van der Waals surface area contributed by atoms with E-state index < -0.39 is 0 Å². The van der Waals surface area contributed by atoms with Crippen LogP contribution in [0.2, 0.25) is 0 Å². The zero-order valence-electron chi connectivity index (χ0n) is 19.1. The molecule has 1 N–H and O–H groups in total. The second-order valence-electron chi connectivity index (χ2n) is 8.13. The summed E-state index contributed by atoms with van der Waals surface area (Å²) in [7, 11) is 0. The van der Waals surface area contributed by atoms with Gasteiger partial charge in [-0.15, -0.1) is 0 Å². The minimum Gasteiger partial charge on any atom is -0.491 e. The van der Waals surface area contributed by atoms with Gasteiger partial charge in [0.05, 0.1) is 24.3 Å². The number of benzene rings is 1. The van der Waals surface area contributed by atoms with E-state index in [2.05, 4.69) is 20.3 Å². The van der Waals surface area contributed by atoms with Crippen molar-refractivity contribution >= 4 is 5.91 Å². The molecule has 1 aliphatic rings. The van der Waals surface area contributed by atoms with E-state index in [9.17, 15) is 4.79 Å². The van der Waals surface area contributed by atoms with Crippen molar-refractivity contribution in [3.63, 3.8) is 0 Å². The summed E-state index contributed by atoms with van der Waals surface area (Å²) in [4.78, 5) is 25.4. The minimum atomic E-state index is -0.199. The van der Waals surface area contributed by atoms with Gasteiger partial charge in [-0.2, -0.15) is 0 Å². The van der Waals surface area contributed by atoms with E-state index in [-0.39, 0.29) is 18.1 Å². The monoisotopic (exact) mass is 448 g/mol. The molecule has 0 spiro atoms. The third-order valence-corrected chi connectivity index (χ3v) is 5.24. The standard InChI is InChI=1S/C25H28N4O4/c1-16(2)31-9-10-32-23-7-6-22-21(24(23)19-13-27-17(3)28-14-19)11-20(15-33-22)29-25(30)18-5-4-8-26-12-18/h4-8,12-14,16,20H,9-11,15H2,1-3H3,(H,29,30)/t20-/m0/s1. The summed E-state index contributed by atoms with van der Waals surface area (Å²) in [6.07, 6.45) is 7.48. The Labute approximate surface area is 193 Å². The van der Waals surface area contributed by atoms with Crippen molar-refractivity contribution in [1.82, 2.24) is 20.3 Å². The predicted molar refractivity (Wildman–Crippen MR) is 123 cm³/mol. The fourth-order valence-electron chi connectivity index (χ4n) is 3.69. The van der Waals surface area contributed by atoms with Gasteiger partial charge in [-0.25, -0.2) is 9.97 Å². The fraction of sp³-hybridized carbons (Fsp3) is 0.360. The molecule has 0 saturated carbocycles. The number of aromatic nitrogens is 3. The molecule has 3 heterocycles. The van der Waals surface area contributed by atoms with E-state index in [1.54, 1.807) is 36.9 Å². The molecule has 0 fully saturated rings. The van der Waals surface area contributed by atoms with Gasteiger partial charge >= 0.3 is 0 Å². The van der Waals surface area contributed by atoms with Crippen LogP contribution in [0.1, 0.15) is 35.6 Å². The molecule has 33 heavy (non-hydrogen) atoms. The molecule has 1 aromatic carbocycles. The van der Waals surface area contributed by atoms with E-state index in [0.29, 0.717) is 43.4 Å². The van der Waals surface area contributed by atoms with Gasteiger partial charge in [-0.3, -0.25) is 9.78 Å². The molecular formula is C25H28N4O4. The third kappa shape index (κ3) is 5.64. The Morgan fingerprint density at radius 3 is 2.73 bits per heavy atom. The van der Waals surface area contributed by atoms with Crippen LogP contribution in [0.5, 0.6) is 11.5 Å². The summed E-state index contributed by atoms with van der Waals surface area (Å²) in [6.45, 7) is 7.11. The number of nitrogens with one attached hydrogen (secondary N) is 1. The van der Waals surface area contributed by atoms with E-state index in [1.165, 1.54) is 0 Å². The van der Waals surface area contributed by atoms with Gasteiger partial charge in [-0.1, -0.05) is 0 Å². The molecule has 8 heteroatoms. The average Bonchev–Trinajstić information content (AvgIpc) is 2.82. The molecule has 3 aromatic rings. The van der Waals surface area contributed by atoms with Crippen molar-refractivity contribution in [3.05, 3.63) is 66.0 Å². The second-order valence-corrected chi connectivity index (χ2v) is 8.13. The van der Waals surface area contributed by atoms with Crippen LogP contribution in [0.4, 0.5) is 0 Å². The quantitative estimate of drug-likeness (QED) is 0.528. The molecule has 0 bridgehead atoms. The van der Waals surface area contributed by atoms with Gasteiger partial charge in [0.25, 0.3) is 5.91 Å². The van der Waals surface area contributed by atoms with Crippen LogP contribution < -0.4 is 14.8 Å². The molecule has 1 atom stereocenters. The first-order chi connectivity index (χ1) is 16.0. The first-order valence-electron chi connectivity index (χ1n) is 11.0. The molecule has 0 unspecified atom stereocenters. The van der Waals surface area contributed by atoms with Crippen molar-refractivity contribution in [2.24, 2.45) is 0 Å². The maximum atomic E-state index is 12.6. The fourth-order valence-corrected chi connectivity index (χ4v) is 3.69. The van der Waals surface area contributed by atoms with Crippen LogP contribution in [-0.2, 0) is 11.2 Å². The van der Waals surface area contributed by atoms with Crippen LogP contribution in [0, 0.1) is 6.92 Å². The third-order valence-electron chi connectivity index (χ3n) is 5.24. The van der Waals surface area contributed by atoms with Crippen molar-refractivity contribution in [3.8, 4) is 22.6 Å². The van der Waals surface area contributed by atoms with E-state index in [0.717, 1.165) is 22.4 Å². The molecule has 8 nitrogen and oxygen atoms in total. The van der Waals surface area contributed by atoms with Crippen molar-refractivity contribution in [1.29, 1.82) is 0 Å². The van der Waals surface area contributed by atoms with Crippen molar-refractivity contribution in [2.45, 2.75) is 39.3 Å². The lowest BCUT2D eigenvalue weighted by molar-refractivity contribution is 0.0553. The van der Waals surface area contributed by atoms with Gasteiger partial charge in [0.1, 0.15) is 30.5 Å². The highest BCUT2D eigenvalue weighted by molar-refractivity contribution is 5.94. The largest absolute Gasteiger partial charge is 0.491 e. The number of rotatable bonds is 8. The number of hydrogen-bond donors (Lipinski definition) is 1. The van der Waals surface area contributed by atoms with Crippen LogP contribution in [-0.4, -0.2) is 52.8 Å². The van der Waals surface area contributed by atoms with E-state index in [1.807, 2.05) is 32.9 Å². The minimum absolute atomic E-state index is 0.139. The first-order valence-corrected chi connectivity index (χ1v) is 11.0. The Balaban J connectivity index is 1.60. The van der Waals surface area contributed by atoms with Crippen LogP contribution in [0.25, 0.3) is 11.1 Å². The number of ether oxygens (including phenoxy) is 3. The summed E-state index contributed by atoms with van der Waals surface area (Å²) < 4.78 is 17.7. The summed E-state index contributed by atoms with van der Waals surface area (Å²) in [5.41, 5.74) is 3.17. The Bertz CT molecular complexity index is 1090. The Hall–Kier alpha value is -3.52. The molecule has 0 radical (unpaired) electrons. The van der Waals surface area contributed by atoms with Crippen LogP contribution in [0.15, 0.2) is 49.1 Å². The Morgan fingerprint density at radius 1 is 1.18 bits per heavy atom. The summed E-state index contributed by atoms with van der Waals surface area (Å²) in [6, 6.07) is 7.09. The number of hydrogen-bond acceptors (Lipinski definition) is 7. The van der Waals surface area contributed by atoms with Gasteiger partial charge in [0, 0.05) is 47.9 Å². The number of carbonyl (C=O) groups is 1. The molecule has 4 rings (SSSR count). The number of nitrogens with zero attached hydrogens (tertiary/aromatic N) is 3. The SMILES string of the molecule is Cc1ncc(-c2c(OCCOC(C)C)ccc3c2C[C@H](NC(=O)c2cccnc2)CO3)cn1. The zero-order valence-corrected chi connectivity index (χ0v) is 19.1. The second kappa shape index (κ2) is 10.4. The Kier molecular flexibility index (Phi) is 7.14. The summed E-state index contributed by atoms with van der Waals surface area (Å²) in [5, 5.41) is 3.05. The lowest BCUT2D eigenvalue weighted by Crippen LogP contribution is -2.43. The number of amides is 1. The molecule has 0 saturated heterocycles. The molecule has 2 aromatic heterocycles. The smallest absolute Gasteiger partial charge is 0.253 e. The van der Waals surface area contributed by atoms with Gasteiger partial charge in [0.15, 0.2) is 0 Å². The topological polar surface area (TPSA) is 95.5 Å². The highest BCUT2D eigenvalue weighted by Gasteiger charge is 2.27. The molecule has 1 aliphatic heterocycles. The highest BCUT2D eigenvalue weighted by Crippen LogP contribution is 2.40. The summed E-state index contributed by atoms with van der Waals surface area (Å²) >= 11 is 0. The van der Waals surface area contributed by atoms with Crippen molar-refractivity contribution in [2.75, 3.05) is 19.8 Å². The molecular weight excluding hydrogens is 420 g/mol. The lowest BCUT2D eigenvalue weighted by atomic mass is 9.93. The number of carbonyl (C=O) groups excluding carboxylic acids is 1. The highest BCUT2D eigenvalue weighted by atomic mass is 16.5. The number of aryl methyl sites for hydroxylation is 1. The lowest BCUT2D eigenvalue weighted by Gasteiger charge is -2.29. The van der Waals surface area contributed by atoms with Crippen LogP contribution >= 0.6 is 0 Å². The van der Waals surface area contributed by atoms with Crippen LogP contribution in [0.3, 0.4) is 0 Å². The van der Waals surface area contributed by atoms with Gasteiger partial charge in [-0.05, 0) is 45.0 Å².